The highest BCUT2D eigenvalue weighted by Gasteiger charge is 2.48. The second-order valence-corrected chi connectivity index (χ2v) is 4.34. The van der Waals surface area contributed by atoms with Crippen LogP contribution >= 0.6 is 0 Å². The van der Waals surface area contributed by atoms with E-state index in [1.165, 1.54) is 28.1 Å². The second-order valence-electron chi connectivity index (χ2n) is 4.34. The quantitative estimate of drug-likeness (QED) is 0.659. The average molecular weight is 292 g/mol. The van der Waals surface area contributed by atoms with Crippen LogP contribution in [0.2, 0.25) is 0 Å². The molecule has 5 atom stereocenters. The monoisotopic (exact) mass is 292 g/mol. The highest BCUT2D eigenvalue weighted by Crippen LogP contribution is 2.26. The molecule has 3 unspecified atom stereocenters. The molecule has 20 heavy (non-hydrogen) atoms. The standard InChI is InChI=1S/C12H20O8/c1-6(13)18-5-8-9(16-3)10(19-7(2)14)11(17-4)12(15)20-8/h8-12,15H,5H2,1-4H3/t8?,9-,10?,11?,12-/m1/s1. The van der Waals surface area contributed by atoms with E-state index in [4.69, 9.17) is 23.7 Å². The van der Waals surface area contributed by atoms with Crippen LogP contribution in [0.15, 0.2) is 0 Å². The van der Waals surface area contributed by atoms with Gasteiger partial charge in [-0.25, -0.2) is 0 Å². The van der Waals surface area contributed by atoms with Crippen molar-refractivity contribution < 1.29 is 38.4 Å². The summed E-state index contributed by atoms with van der Waals surface area (Å²) in [4.78, 5) is 22.0. The molecule has 1 heterocycles. The molecule has 0 aliphatic carbocycles. The van der Waals surface area contributed by atoms with E-state index in [1.54, 1.807) is 0 Å². The van der Waals surface area contributed by atoms with E-state index < -0.39 is 42.6 Å². The molecule has 0 aromatic heterocycles. The zero-order chi connectivity index (χ0) is 15.3. The number of hydrogen-bond donors (Lipinski definition) is 1. The van der Waals surface area contributed by atoms with Gasteiger partial charge >= 0.3 is 11.9 Å². The van der Waals surface area contributed by atoms with Gasteiger partial charge in [0, 0.05) is 28.1 Å². The molecule has 0 radical (unpaired) electrons. The van der Waals surface area contributed by atoms with Gasteiger partial charge in [-0.15, -0.1) is 0 Å². The fourth-order valence-electron chi connectivity index (χ4n) is 2.09. The maximum absolute atomic E-state index is 11.2. The van der Waals surface area contributed by atoms with Crippen molar-refractivity contribution in [2.24, 2.45) is 0 Å². The summed E-state index contributed by atoms with van der Waals surface area (Å²) in [5.74, 6) is -1.03. The lowest BCUT2D eigenvalue weighted by Crippen LogP contribution is -2.61. The Kier molecular flexibility index (Phi) is 6.34. The van der Waals surface area contributed by atoms with Crippen LogP contribution in [-0.2, 0) is 33.3 Å². The molecule has 1 aliphatic rings. The van der Waals surface area contributed by atoms with E-state index in [9.17, 15) is 14.7 Å². The van der Waals surface area contributed by atoms with Crippen LogP contribution in [0.1, 0.15) is 13.8 Å². The Bertz CT molecular complexity index is 344. The highest BCUT2D eigenvalue weighted by molar-refractivity contribution is 5.66. The number of esters is 2. The molecule has 8 heteroatoms. The number of ether oxygens (including phenoxy) is 5. The van der Waals surface area contributed by atoms with Crippen LogP contribution in [0, 0.1) is 0 Å². The molecule has 0 amide bonds. The minimum atomic E-state index is -1.32. The molecule has 1 rings (SSSR count). The summed E-state index contributed by atoms with van der Waals surface area (Å²) in [5, 5.41) is 9.87. The zero-order valence-electron chi connectivity index (χ0n) is 11.9. The average Bonchev–Trinajstić information content (AvgIpc) is 2.35. The largest absolute Gasteiger partial charge is 0.463 e. The molecule has 1 fully saturated rings. The maximum atomic E-state index is 11.2. The topological polar surface area (TPSA) is 101 Å². The minimum absolute atomic E-state index is 0.126. The Morgan fingerprint density at radius 2 is 1.65 bits per heavy atom. The second kappa shape index (κ2) is 7.53. The molecule has 0 aromatic carbocycles. The lowest BCUT2D eigenvalue weighted by Gasteiger charge is -2.42. The zero-order valence-corrected chi connectivity index (χ0v) is 11.9. The Hall–Kier alpha value is -1.22. The summed E-state index contributed by atoms with van der Waals surface area (Å²) < 4.78 is 25.6. The van der Waals surface area contributed by atoms with E-state index in [1.807, 2.05) is 0 Å². The van der Waals surface area contributed by atoms with Crippen molar-refractivity contribution in [1.29, 1.82) is 0 Å². The number of carbonyl (C=O) groups is 2. The van der Waals surface area contributed by atoms with Gasteiger partial charge in [0.15, 0.2) is 12.4 Å². The van der Waals surface area contributed by atoms with Gasteiger partial charge in [-0.2, -0.15) is 0 Å². The van der Waals surface area contributed by atoms with Crippen molar-refractivity contribution in [1.82, 2.24) is 0 Å². The normalized spacial score (nSPS) is 33.5. The first-order chi connectivity index (χ1) is 9.40. The first kappa shape index (κ1) is 16.8. The Morgan fingerprint density at radius 1 is 1.05 bits per heavy atom. The summed E-state index contributed by atoms with van der Waals surface area (Å²) in [6.07, 6.45) is -4.58. The molecule has 1 N–H and O–H groups in total. The molecule has 0 saturated carbocycles. The number of rotatable bonds is 5. The van der Waals surface area contributed by atoms with Crippen molar-refractivity contribution in [2.45, 2.75) is 44.6 Å². The minimum Gasteiger partial charge on any atom is -0.463 e. The van der Waals surface area contributed by atoms with E-state index >= 15 is 0 Å². The Balaban J connectivity index is 2.87. The summed E-state index contributed by atoms with van der Waals surface area (Å²) in [5.41, 5.74) is 0. The lowest BCUT2D eigenvalue weighted by molar-refractivity contribution is -0.298. The molecule has 0 aromatic rings. The molecule has 1 aliphatic heterocycles. The number of carbonyl (C=O) groups excluding carboxylic acids is 2. The van der Waals surface area contributed by atoms with E-state index in [-0.39, 0.29) is 6.61 Å². The predicted molar refractivity (Wildman–Crippen MR) is 64.7 cm³/mol. The third-order valence-corrected chi connectivity index (χ3v) is 2.91. The van der Waals surface area contributed by atoms with E-state index in [0.717, 1.165) is 0 Å². The molecular formula is C12H20O8. The van der Waals surface area contributed by atoms with Gasteiger partial charge in [-0.3, -0.25) is 9.59 Å². The highest BCUT2D eigenvalue weighted by atomic mass is 16.7. The van der Waals surface area contributed by atoms with Crippen LogP contribution < -0.4 is 0 Å². The predicted octanol–water partition coefficient (Wildman–Crippen LogP) is -0.772. The lowest BCUT2D eigenvalue weighted by atomic mass is 9.98. The van der Waals surface area contributed by atoms with Gasteiger partial charge < -0.3 is 28.8 Å². The number of hydrogen-bond acceptors (Lipinski definition) is 8. The van der Waals surface area contributed by atoms with Crippen LogP contribution in [0.5, 0.6) is 0 Å². The molecule has 116 valence electrons. The van der Waals surface area contributed by atoms with Crippen molar-refractivity contribution >= 4 is 11.9 Å². The van der Waals surface area contributed by atoms with Gasteiger partial charge in [0.25, 0.3) is 0 Å². The van der Waals surface area contributed by atoms with Crippen LogP contribution in [0.3, 0.4) is 0 Å². The smallest absolute Gasteiger partial charge is 0.303 e. The SMILES string of the molecule is COC1C(OC(C)=O)[C@H](OC)C(COC(C)=O)O[C@H]1O. The van der Waals surface area contributed by atoms with Crippen molar-refractivity contribution in [2.75, 3.05) is 20.8 Å². The fourth-order valence-corrected chi connectivity index (χ4v) is 2.09. The van der Waals surface area contributed by atoms with Gasteiger partial charge in [-0.05, 0) is 0 Å². The van der Waals surface area contributed by atoms with Gasteiger partial charge in [0.2, 0.25) is 0 Å². The Labute approximate surface area is 116 Å². The fraction of sp³-hybridized carbons (Fsp3) is 0.833. The van der Waals surface area contributed by atoms with Gasteiger partial charge in [0.05, 0.1) is 0 Å². The molecule has 1 saturated heterocycles. The third kappa shape index (κ3) is 4.14. The van der Waals surface area contributed by atoms with Crippen LogP contribution in [0.4, 0.5) is 0 Å². The van der Waals surface area contributed by atoms with Crippen molar-refractivity contribution in [3.05, 3.63) is 0 Å². The number of methoxy groups -OCH3 is 2. The molecule has 0 bridgehead atoms. The summed E-state index contributed by atoms with van der Waals surface area (Å²) in [6, 6.07) is 0. The third-order valence-electron chi connectivity index (χ3n) is 2.91. The van der Waals surface area contributed by atoms with E-state index in [2.05, 4.69) is 0 Å². The first-order valence-electron chi connectivity index (χ1n) is 6.10. The van der Waals surface area contributed by atoms with E-state index in [0.29, 0.717) is 0 Å². The summed E-state index contributed by atoms with van der Waals surface area (Å²) in [7, 11) is 2.75. The summed E-state index contributed by atoms with van der Waals surface area (Å²) in [6.45, 7) is 2.37. The van der Waals surface area contributed by atoms with Gasteiger partial charge in [-0.1, -0.05) is 0 Å². The van der Waals surface area contributed by atoms with Crippen molar-refractivity contribution in [3.8, 4) is 0 Å². The molecule has 0 spiro atoms. The van der Waals surface area contributed by atoms with Gasteiger partial charge in [0.1, 0.15) is 24.9 Å². The summed E-state index contributed by atoms with van der Waals surface area (Å²) >= 11 is 0. The first-order valence-corrected chi connectivity index (χ1v) is 6.10. The van der Waals surface area contributed by atoms with Crippen LogP contribution in [0.25, 0.3) is 0 Å². The maximum Gasteiger partial charge on any atom is 0.303 e. The molecular weight excluding hydrogens is 272 g/mol. The Morgan fingerprint density at radius 3 is 2.10 bits per heavy atom. The van der Waals surface area contributed by atoms with Crippen LogP contribution in [-0.4, -0.2) is 68.6 Å². The number of aliphatic hydroxyl groups excluding tert-OH is 1. The number of aliphatic hydroxyl groups is 1. The molecule has 8 nitrogen and oxygen atoms in total. The van der Waals surface area contributed by atoms with Crippen molar-refractivity contribution in [3.63, 3.8) is 0 Å².